The van der Waals surface area contributed by atoms with Crippen LogP contribution in [-0.2, 0) is 0 Å². The van der Waals surface area contributed by atoms with E-state index in [0.717, 1.165) is 17.8 Å². The Morgan fingerprint density at radius 1 is 0.462 bits per heavy atom. The van der Waals surface area contributed by atoms with E-state index in [-0.39, 0.29) is 5.54 Å². The van der Waals surface area contributed by atoms with Crippen molar-refractivity contribution in [2.45, 2.75) is 143 Å². The molecule has 1 nitrogen and oxygen atoms in total. The first-order chi connectivity index (χ1) is 12.2. The largest absolute Gasteiger partial charge is 0.325 e. The third-order valence-electron chi connectivity index (χ3n) is 5.87. The van der Waals surface area contributed by atoms with Gasteiger partial charge in [-0.3, -0.25) is 0 Å². The highest BCUT2D eigenvalue weighted by atomic mass is 14.7. The second kappa shape index (κ2) is 16.0. The van der Waals surface area contributed by atoms with E-state index in [0.29, 0.717) is 0 Å². The van der Waals surface area contributed by atoms with Gasteiger partial charge in [0.2, 0.25) is 0 Å². The first kappa shape index (κ1) is 26.0. The maximum absolute atomic E-state index is 6.92. The molecule has 26 heavy (non-hydrogen) atoms. The predicted octanol–water partition coefficient (Wildman–Crippen LogP) is 8.50. The van der Waals surface area contributed by atoms with Crippen LogP contribution in [-0.4, -0.2) is 5.54 Å². The maximum Gasteiger partial charge on any atom is 0.0154 e. The predicted molar refractivity (Wildman–Crippen MR) is 121 cm³/mol. The zero-order valence-corrected chi connectivity index (χ0v) is 19.4. The van der Waals surface area contributed by atoms with E-state index in [1.807, 2.05) is 0 Å². The van der Waals surface area contributed by atoms with Crippen molar-refractivity contribution < 1.29 is 0 Å². The zero-order chi connectivity index (χ0) is 19.8. The van der Waals surface area contributed by atoms with Crippen LogP contribution in [0.15, 0.2) is 0 Å². The molecule has 0 aromatic carbocycles. The molecule has 1 heteroatoms. The molecule has 0 aliphatic rings. The molecule has 0 aliphatic heterocycles. The number of hydrogen-bond acceptors (Lipinski definition) is 1. The molecule has 0 bridgehead atoms. The highest BCUT2D eigenvalue weighted by Crippen LogP contribution is 2.27. The molecule has 0 radical (unpaired) electrons. The van der Waals surface area contributed by atoms with Crippen molar-refractivity contribution in [2.24, 2.45) is 23.5 Å². The van der Waals surface area contributed by atoms with Crippen molar-refractivity contribution in [1.82, 2.24) is 0 Å². The minimum Gasteiger partial charge on any atom is -0.325 e. The highest BCUT2D eigenvalue weighted by Gasteiger charge is 2.23. The van der Waals surface area contributed by atoms with E-state index in [2.05, 4.69) is 41.5 Å². The van der Waals surface area contributed by atoms with E-state index in [1.54, 1.807) is 0 Å². The summed E-state index contributed by atoms with van der Waals surface area (Å²) >= 11 is 0. The van der Waals surface area contributed by atoms with Gasteiger partial charge in [0.25, 0.3) is 0 Å². The van der Waals surface area contributed by atoms with E-state index in [4.69, 9.17) is 5.73 Å². The fourth-order valence-electron chi connectivity index (χ4n) is 3.99. The van der Waals surface area contributed by atoms with E-state index in [9.17, 15) is 0 Å². The van der Waals surface area contributed by atoms with Crippen LogP contribution >= 0.6 is 0 Å². The zero-order valence-electron chi connectivity index (χ0n) is 19.4. The summed E-state index contributed by atoms with van der Waals surface area (Å²) in [6.45, 7) is 14.0. The van der Waals surface area contributed by atoms with Crippen LogP contribution in [0.4, 0.5) is 0 Å². The minimum absolute atomic E-state index is 0.119. The molecular weight excluding hydrogens is 314 g/mol. The molecule has 0 amide bonds. The van der Waals surface area contributed by atoms with Crippen molar-refractivity contribution in [1.29, 1.82) is 0 Å². The van der Waals surface area contributed by atoms with Crippen LogP contribution in [0.3, 0.4) is 0 Å². The molecular formula is C25H53N. The molecule has 0 saturated carbocycles. The first-order valence-electron chi connectivity index (χ1n) is 12.0. The van der Waals surface area contributed by atoms with Gasteiger partial charge in [-0.1, -0.05) is 119 Å². The summed E-state index contributed by atoms with van der Waals surface area (Å²) in [5, 5.41) is 0. The van der Waals surface area contributed by atoms with E-state index >= 15 is 0 Å². The van der Waals surface area contributed by atoms with Crippen LogP contribution < -0.4 is 5.73 Å². The second-order valence-electron chi connectivity index (χ2n) is 10.3. The van der Waals surface area contributed by atoms with Gasteiger partial charge >= 0.3 is 0 Å². The van der Waals surface area contributed by atoms with Gasteiger partial charge in [-0.2, -0.15) is 0 Å². The summed E-state index contributed by atoms with van der Waals surface area (Å²) < 4.78 is 0. The lowest BCUT2D eigenvalue weighted by atomic mass is 9.82. The first-order valence-corrected chi connectivity index (χ1v) is 12.0. The van der Waals surface area contributed by atoms with Gasteiger partial charge in [-0.25, -0.2) is 0 Å². The van der Waals surface area contributed by atoms with Crippen LogP contribution in [0.1, 0.15) is 138 Å². The average molecular weight is 368 g/mol. The number of hydrogen-bond donors (Lipinski definition) is 1. The van der Waals surface area contributed by atoms with Crippen molar-refractivity contribution in [3.8, 4) is 0 Å². The van der Waals surface area contributed by atoms with E-state index < -0.39 is 0 Å². The molecule has 0 fully saturated rings. The molecule has 158 valence electrons. The lowest BCUT2D eigenvalue weighted by Crippen LogP contribution is -2.39. The fourth-order valence-corrected chi connectivity index (χ4v) is 3.99. The molecule has 2 N–H and O–H groups in total. The van der Waals surface area contributed by atoms with Crippen LogP contribution in [0.25, 0.3) is 0 Å². The van der Waals surface area contributed by atoms with Gasteiger partial charge in [0.05, 0.1) is 0 Å². The third kappa shape index (κ3) is 17.4. The normalized spacial score (nSPS) is 12.7. The number of unbranched alkanes of at least 4 members (excludes halogenated alkanes) is 6. The summed E-state index contributed by atoms with van der Waals surface area (Å²) in [4.78, 5) is 0. The van der Waals surface area contributed by atoms with Crippen molar-refractivity contribution in [3.63, 3.8) is 0 Å². The molecule has 0 heterocycles. The summed E-state index contributed by atoms with van der Waals surface area (Å²) in [5.74, 6) is 2.54. The lowest BCUT2D eigenvalue weighted by molar-refractivity contribution is 0.300. The van der Waals surface area contributed by atoms with Gasteiger partial charge in [-0.05, 0) is 37.0 Å². The third-order valence-corrected chi connectivity index (χ3v) is 5.87. The van der Waals surface area contributed by atoms with Gasteiger partial charge < -0.3 is 5.73 Å². The summed E-state index contributed by atoms with van der Waals surface area (Å²) in [5.41, 5.74) is 7.04. The van der Waals surface area contributed by atoms with Crippen LogP contribution in [0.2, 0.25) is 0 Å². The number of rotatable bonds is 18. The molecule has 0 aromatic rings. The fraction of sp³-hybridized carbons (Fsp3) is 1.00. The smallest absolute Gasteiger partial charge is 0.0154 e. The van der Waals surface area contributed by atoms with Crippen molar-refractivity contribution in [3.05, 3.63) is 0 Å². The van der Waals surface area contributed by atoms with E-state index in [1.165, 1.54) is 96.3 Å². The average Bonchev–Trinajstić information content (AvgIpc) is 2.53. The Hall–Kier alpha value is -0.0400. The Kier molecular flexibility index (Phi) is 15.9. The van der Waals surface area contributed by atoms with Crippen molar-refractivity contribution in [2.75, 3.05) is 0 Å². The Balaban J connectivity index is 4.14. The quantitative estimate of drug-likeness (QED) is 0.241. The monoisotopic (exact) mass is 367 g/mol. The van der Waals surface area contributed by atoms with Gasteiger partial charge in [0.1, 0.15) is 0 Å². The molecule has 0 aliphatic carbocycles. The van der Waals surface area contributed by atoms with Crippen LogP contribution in [0.5, 0.6) is 0 Å². The standard InChI is InChI=1S/C25H53N/c1-22(2)16-10-7-13-19-25(26,20-14-8-11-17-23(3)4)21-15-9-12-18-24(5)6/h22-24H,7-21,26H2,1-6H3. The van der Waals surface area contributed by atoms with Gasteiger partial charge in [0.15, 0.2) is 0 Å². The topological polar surface area (TPSA) is 26.0 Å². The Morgan fingerprint density at radius 3 is 0.962 bits per heavy atom. The Labute approximate surface area is 167 Å². The lowest BCUT2D eigenvalue weighted by Gasteiger charge is -2.30. The Morgan fingerprint density at radius 2 is 0.731 bits per heavy atom. The Bertz CT molecular complexity index is 247. The number of nitrogens with two attached hydrogens (primary N) is 1. The highest BCUT2D eigenvalue weighted by molar-refractivity contribution is 4.84. The summed E-state index contributed by atoms with van der Waals surface area (Å²) in [6, 6.07) is 0. The minimum atomic E-state index is 0.119. The molecule has 0 atom stereocenters. The molecule has 0 aromatic heterocycles. The molecule has 0 saturated heterocycles. The van der Waals surface area contributed by atoms with Gasteiger partial charge in [0, 0.05) is 5.54 Å². The maximum atomic E-state index is 6.92. The van der Waals surface area contributed by atoms with Crippen LogP contribution in [0, 0.1) is 17.8 Å². The van der Waals surface area contributed by atoms with Crippen molar-refractivity contribution >= 4 is 0 Å². The second-order valence-corrected chi connectivity index (χ2v) is 10.3. The molecule has 0 unspecified atom stereocenters. The summed E-state index contributed by atoms with van der Waals surface area (Å²) in [6.07, 6.45) is 20.2. The molecule has 0 rings (SSSR count). The SMILES string of the molecule is CC(C)CCCCCC(N)(CCCCCC(C)C)CCCCCC(C)C. The van der Waals surface area contributed by atoms with Gasteiger partial charge in [-0.15, -0.1) is 0 Å². The molecule has 0 spiro atoms. The summed E-state index contributed by atoms with van der Waals surface area (Å²) in [7, 11) is 0.